The minimum atomic E-state index is -0.374. The van der Waals surface area contributed by atoms with Gasteiger partial charge in [-0.2, -0.15) is 0 Å². The summed E-state index contributed by atoms with van der Waals surface area (Å²) in [6, 6.07) is 9.56. The first-order valence-electron chi connectivity index (χ1n) is 5.02. The maximum Gasteiger partial charge on any atom is 0.354 e. The molecular weight excluding hydrogens is 204 g/mol. The third kappa shape index (κ3) is 2.70. The molecule has 0 bridgehead atoms. The molecule has 1 aliphatic rings. The van der Waals surface area contributed by atoms with Gasteiger partial charge in [-0.05, 0) is 5.56 Å². The van der Waals surface area contributed by atoms with Crippen molar-refractivity contribution in [3.8, 4) is 0 Å². The van der Waals surface area contributed by atoms with Crippen LogP contribution in [0.3, 0.4) is 0 Å². The van der Waals surface area contributed by atoms with Gasteiger partial charge in [0, 0.05) is 12.4 Å². The number of hydrogen-bond donors (Lipinski definition) is 1. The largest absolute Gasteiger partial charge is 0.456 e. The molecule has 0 radical (unpaired) electrons. The molecule has 0 aliphatic carbocycles. The zero-order chi connectivity index (χ0) is 11.2. The van der Waals surface area contributed by atoms with Crippen LogP contribution in [-0.2, 0) is 16.1 Å². The highest BCUT2D eigenvalue weighted by Gasteiger charge is 2.13. The monoisotopic (exact) mass is 216 g/mol. The quantitative estimate of drug-likeness (QED) is 0.773. The normalized spacial score (nSPS) is 13.9. The number of benzene rings is 1. The Morgan fingerprint density at radius 3 is 2.88 bits per heavy atom. The summed E-state index contributed by atoms with van der Waals surface area (Å²) in [4.78, 5) is 15.5. The van der Waals surface area contributed by atoms with Gasteiger partial charge in [0.1, 0.15) is 12.3 Å². The van der Waals surface area contributed by atoms with Crippen LogP contribution in [0.15, 0.2) is 47.7 Å². The lowest BCUT2D eigenvalue weighted by Crippen LogP contribution is -2.29. The Kier molecular flexibility index (Phi) is 3.33. The third-order valence-electron chi connectivity index (χ3n) is 2.14. The summed E-state index contributed by atoms with van der Waals surface area (Å²) in [7, 11) is 0. The van der Waals surface area contributed by atoms with E-state index in [1.54, 1.807) is 12.4 Å². The van der Waals surface area contributed by atoms with Crippen molar-refractivity contribution in [1.82, 2.24) is 5.32 Å². The molecule has 0 saturated heterocycles. The molecule has 1 N–H and O–H groups in total. The molecule has 0 unspecified atom stereocenters. The van der Waals surface area contributed by atoms with Gasteiger partial charge in [0.25, 0.3) is 0 Å². The summed E-state index contributed by atoms with van der Waals surface area (Å²) in [5.41, 5.74) is 1.37. The van der Waals surface area contributed by atoms with Gasteiger partial charge in [0.15, 0.2) is 0 Å². The number of carbonyl (C=O) groups is 1. The summed E-state index contributed by atoms with van der Waals surface area (Å²) in [5.74, 6) is -0.374. The Morgan fingerprint density at radius 1 is 1.38 bits per heavy atom. The van der Waals surface area contributed by atoms with Crippen molar-refractivity contribution in [2.75, 3.05) is 6.54 Å². The SMILES string of the molecule is O=C(OCc1ccccc1)C1=NC=CNC1. The van der Waals surface area contributed by atoms with E-state index in [1.165, 1.54) is 0 Å². The van der Waals surface area contributed by atoms with Crippen molar-refractivity contribution < 1.29 is 9.53 Å². The summed E-state index contributed by atoms with van der Waals surface area (Å²) >= 11 is 0. The van der Waals surface area contributed by atoms with Crippen molar-refractivity contribution >= 4 is 11.7 Å². The molecule has 0 spiro atoms. The lowest BCUT2D eigenvalue weighted by atomic mass is 10.2. The molecule has 0 amide bonds. The van der Waals surface area contributed by atoms with E-state index in [1.807, 2.05) is 30.3 Å². The summed E-state index contributed by atoms with van der Waals surface area (Å²) in [6.07, 6.45) is 3.23. The highest BCUT2D eigenvalue weighted by atomic mass is 16.5. The van der Waals surface area contributed by atoms with Crippen LogP contribution in [-0.4, -0.2) is 18.2 Å². The minimum Gasteiger partial charge on any atom is -0.456 e. The molecule has 1 aliphatic heterocycles. The first kappa shape index (κ1) is 10.4. The number of esters is 1. The lowest BCUT2D eigenvalue weighted by Gasteiger charge is -2.09. The summed E-state index contributed by atoms with van der Waals surface area (Å²) in [6.45, 7) is 0.701. The van der Waals surface area contributed by atoms with Gasteiger partial charge < -0.3 is 10.1 Å². The van der Waals surface area contributed by atoms with Gasteiger partial charge in [-0.25, -0.2) is 4.79 Å². The number of nitrogens with zero attached hydrogens (tertiary/aromatic N) is 1. The van der Waals surface area contributed by atoms with Crippen LogP contribution in [0.2, 0.25) is 0 Å². The fourth-order valence-electron chi connectivity index (χ4n) is 1.31. The van der Waals surface area contributed by atoms with Crippen LogP contribution in [0.25, 0.3) is 0 Å². The van der Waals surface area contributed by atoms with Crippen molar-refractivity contribution in [2.24, 2.45) is 4.99 Å². The number of rotatable bonds is 3. The van der Waals surface area contributed by atoms with Crippen LogP contribution in [0, 0.1) is 0 Å². The van der Waals surface area contributed by atoms with Crippen molar-refractivity contribution in [1.29, 1.82) is 0 Å². The molecule has 4 heteroatoms. The van der Waals surface area contributed by atoms with E-state index < -0.39 is 0 Å². The van der Waals surface area contributed by atoms with E-state index in [0.29, 0.717) is 12.3 Å². The van der Waals surface area contributed by atoms with Crippen LogP contribution < -0.4 is 5.32 Å². The summed E-state index contributed by atoms with van der Waals surface area (Å²) < 4.78 is 5.12. The highest BCUT2D eigenvalue weighted by molar-refractivity contribution is 6.37. The van der Waals surface area contributed by atoms with Gasteiger partial charge in [-0.1, -0.05) is 30.3 Å². The number of aliphatic imine (C=N–C) groups is 1. The van der Waals surface area contributed by atoms with Crippen LogP contribution >= 0.6 is 0 Å². The molecule has 0 atom stereocenters. The fourth-order valence-corrected chi connectivity index (χ4v) is 1.31. The molecule has 1 aromatic carbocycles. The Hall–Kier alpha value is -2.10. The Balaban J connectivity index is 1.89. The second kappa shape index (κ2) is 5.11. The number of hydrogen-bond acceptors (Lipinski definition) is 4. The molecule has 0 aromatic heterocycles. The second-order valence-electron chi connectivity index (χ2n) is 3.33. The van der Waals surface area contributed by atoms with E-state index in [2.05, 4.69) is 10.3 Å². The van der Waals surface area contributed by atoms with E-state index in [-0.39, 0.29) is 12.6 Å². The molecular formula is C12H12N2O2. The standard InChI is InChI=1S/C12H12N2O2/c15-12(11-8-13-6-7-14-11)16-9-10-4-2-1-3-5-10/h1-7,13H,8-9H2. The number of ether oxygens (including phenoxy) is 1. The predicted octanol–water partition coefficient (Wildman–Crippen LogP) is 1.25. The molecule has 1 aromatic rings. The maximum atomic E-state index is 11.5. The average molecular weight is 216 g/mol. The van der Waals surface area contributed by atoms with Crippen LogP contribution in [0.4, 0.5) is 0 Å². The van der Waals surface area contributed by atoms with Crippen LogP contribution in [0.1, 0.15) is 5.56 Å². The first-order chi connectivity index (χ1) is 7.86. The fraction of sp³-hybridized carbons (Fsp3) is 0.167. The number of nitrogens with one attached hydrogen (secondary N) is 1. The van der Waals surface area contributed by atoms with E-state index in [9.17, 15) is 4.79 Å². The van der Waals surface area contributed by atoms with Crippen molar-refractivity contribution in [3.63, 3.8) is 0 Å². The first-order valence-corrected chi connectivity index (χ1v) is 5.02. The van der Waals surface area contributed by atoms with Gasteiger partial charge in [0.2, 0.25) is 0 Å². The molecule has 4 nitrogen and oxygen atoms in total. The minimum absolute atomic E-state index is 0.280. The maximum absolute atomic E-state index is 11.5. The molecule has 1 heterocycles. The lowest BCUT2D eigenvalue weighted by molar-refractivity contribution is -0.136. The molecule has 0 saturated carbocycles. The van der Waals surface area contributed by atoms with Gasteiger partial charge in [0.05, 0.1) is 6.54 Å². The Morgan fingerprint density at radius 2 is 2.19 bits per heavy atom. The molecule has 82 valence electrons. The van der Waals surface area contributed by atoms with Gasteiger partial charge >= 0.3 is 5.97 Å². The number of carbonyl (C=O) groups excluding carboxylic acids is 1. The molecule has 0 fully saturated rings. The Bertz CT molecular complexity index is 424. The highest BCUT2D eigenvalue weighted by Crippen LogP contribution is 2.01. The van der Waals surface area contributed by atoms with E-state index in [0.717, 1.165) is 5.56 Å². The van der Waals surface area contributed by atoms with Gasteiger partial charge in [-0.3, -0.25) is 4.99 Å². The van der Waals surface area contributed by atoms with Gasteiger partial charge in [-0.15, -0.1) is 0 Å². The average Bonchev–Trinajstić information content (AvgIpc) is 2.38. The molecule has 16 heavy (non-hydrogen) atoms. The molecule has 2 rings (SSSR count). The predicted molar refractivity (Wildman–Crippen MR) is 60.8 cm³/mol. The zero-order valence-electron chi connectivity index (χ0n) is 8.72. The van der Waals surface area contributed by atoms with Crippen LogP contribution in [0.5, 0.6) is 0 Å². The second-order valence-corrected chi connectivity index (χ2v) is 3.33. The van der Waals surface area contributed by atoms with E-state index in [4.69, 9.17) is 4.74 Å². The van der Waals surface area contributed by atoms with Crippen molar-refractivity contribution in [3.05, 3.63) is 48.3 Å². The van der Waals surface area contributed by atoms with E-state index >= 15 is 0 Å². The van der Waals surface area contributed by atoms with Crippen molar-refractivity contribution in [2.45, 2.75) is 6.61 Å². The zero-order valence-corrected chi connectivity index (χ0v) is 8.72. The smallest absolute Gasteiger partial charge is 0.354 e. The summed E-state index contributed by atoms with van der Waals surface area (Å²) in [5, 5.41) is 2.90. The third-order valence-corrected chi connectivity index (χ3v) is 2.14. The topological polar surface area (TPSA) is 50.7 Å². The Labute approximate surface area is 93.6 Å².